The first kappa shape index (κ1) is 13.4. The SMILES string of the molecule is Cc1ccc(OC2CCCC(C)C2)c([C@@H](C)O)c1. The van der Waals surface area contributed by atoms with Gasteiger partial charge in [0.25, 0.3) is 0 Å². The molecule has 0 saturated heterocycles. The Hall–Kier alpha value is -1.02. The molecule has 0 spiro atoms. The number of aliphatic hydroxyl groups is 1. The van der Waals surface area contributed by atoms with Gasteiger partial charge in [-0.3, -0.25) is 0 Å². The molecule has 1 aromatic carbocycles. The number of hydrogen-bond acceptors (Lipinski definition) is 2. The Morgan fingerprint density at radius 1 is 1.33 bits per heavy atom. The Labute approximate surface area is 110 Å². The first-order valence-corrected chi connectivity index (χ1v) is 7.01. The molecule has 0 aromatic heterocycles. The van der Waals surface area contributed by atoms with E-state index in [1.807, 2.05) is 25.1 Å². The third kappa shape index (κ3) is 3.26. The second-order valence-electron chi connectivity index (χ2n) is 5.73. The number of benzene rings is 1. The normalized spacial score (nSPS) is 25.8. The molecule has 0 radical (unpaired) electrons. The highest BCUT2D eigenvalue weighted by atomic mass is 16.5. The lowest BCUT2D eigenvalue weighted by Crippen LogP contribution is -2.24. The van der Waals surface area contributed by atoms with Crippen molar-refractivity contribution in [3.63, 3.8) is 0 Å². The van der Waals surface area contributed by atoms with Gasteiger partial charge in [-0.25, -0.2) is 0 Å². The van der Waals surface area contributed by atoms with Gasteiger partial charge in [0.2, 0.25) is 0 Å². The molecule has 0 amide bonds. The predicted octanol–water partition coefficient (Wildman–Crippen LogP) is 4.01. The largest absolute Gasteiger partial charge is 0.490 e. The van der Waals surface area contributed by atoms with Crippen molar-refractivity contribution in [2.75, 3.05) is 0 Å². The van der Waals surface area contributed by atoms with E-state index < -0.39 is 6.10 Å². The van der Waals surface area contributed by atoms with Gasteiger partial charge in [0.15, 0.2) is 0 Å². The van der Waals surface area contributed by atoms with Gasteiger partial charge in [-0.2, -0.15) is 0 Å². The van der Waals surface area contributed by atoms with Crippen molar-refractivity contribution in [2.45, 2.75) is 58.7 Å². The fraction of sp³-hybridized carbons (Fsp3) is 0.625. The van der Waals surface area contributed by atoms with Gasteiger partial charge < -0.3 is 9.84 Å². The lowest BCUT2D eigenvalue weighted by atomic mass is 9.88. The Morgan fingerprint density at radius 3 is 2.78 bits per heavy atom. The molecule has 1 aliphatic rings. The van der Waals surface area contributed by atoms with Crippen molar-refractivity contribution in [3.05, 3.63) is 29.3 Å². The van der Waals surface area contributed by atoms with Crippen LogP contribution in [0.15, 0.2) is 18.2 Å². The summed E-state index contributed by atoms with van der Waals surface area (Å²) in [7, 11) is 0. The molecule has 1 saturated carbocycles. The second kappa shape index (κ2) is 5.75. The van der Waals surface area contributed by atoms with Crippen LogP contribution in [0, 0.1) is 12.8 Å². The molecule has 0 bridgehead atoms. The summed E-state index contributed by atoms with van der Waals surface area (Å²) < 4.78 is 6.11. The van der Waals surface area contributed by atoms with Gasteiger partial charge in [-0.15, -0.1) is 0 Å². The summed E-state index contributed by atoms with van der Waals surface area (Å²) in [4.78, 5) is 0. The van der Waals surface area contributed by atoms with E-state index in [1.54, 1.807) is 6.92 Å². The van der Waals surface area contributed by atoms with Gasteiger partial charge in [0.05, 0.1) is 12.2 Å². The molecule has 2 nitrogen and oxygen atoms in total. The topological polar surface area (TPSA) is 29.5 Å². The average Bonchev–Trinajstić information content (AvgIpc) is 2.31. The number of ether oxygens (including phenoxy) is 1. The standard InChI is InChI=1S/C16H24O2/c1-11-5-4-6-14(9-11)18-16-8-7-12(2)10-15(16)13(3)17/h7-8,10-11,13-14,17H,4-6,9H2,1-3H3/t11?,13-,14?/m1/s1. The molecule has 1 aromatic rings. The summed E-state index contributed by atoms with van der Waals surface area (Å²) in [5.74, 6) is 1.61. The van der Waals surface area contributed by atoms with Gasteiger partial charge in [-0.1, -0.05) is 25.0 Å². The van der Waals surface area contributed by atoms with Crippen LogP contribution in [-0.2, 0) is 0 Å². The predicted molar refractivity (Wildman–Crippen MR) is 73.9 cm³/mol. The minimum absolute atomic E-state index is 0.314. The summed E-state index contributed by atoms with van der Waals surface area (Å²) in [5.41, 5.74) is 2.07. The van der Waals surface area contributed by atoms with Gasteiger partial charge in [0, 0.05) is 5.56 Å². The molecule has 0 heterocycles. The zero-order valence-electron chi connectivity index (χ0n) is 11.6. The molecule has 18 heavy (non-hydrogen) atoms. The maximum Gasteiger partial charge on any atom is 0.125 e. The minimum Gasteiger partial charge on any atom is -0.490 e. The maximum absolute atomic E-state index is 9.83. The minimum atomic E-state index is -0.471. The van der Waals surface area contributed by atoms with Crippen LogP contribution in [0.5, 0.6) is 5.75 Å². The molecule has 2 unspecified atom stereocenters. The van der Waals surface area contributed by atoms with Crippen molar-refractivity contribution < 1.29 is 9.84 Å². The number of rotatable bonds is 3. The lowest BCUT2D eigenvalue weighted by molar-refractivity contribution is 0.121. The monoisotopic (exact) mass is 248 g/mol. The van der Waals surface area contributed by atoms with E-state index in [0.717, 1.165) is 35.6 Å². The van der Waals surface area contributed by atoms with E-state index >= 15 is 0 Å². The summed E-state index contributed by atoms with van der Waals surface area (Å²) in [6.45, 7) is 6.13. The van der Waals surface area contributed by atoms with Crippen LogP contribution in [0.1, 0.15) is 56.8 Å². The Bertz CT molecular complexity index is 398. The number of hydrogen-bond donors (Lipinski definition) is 1. The van der Waals surface area contributed by atoms with Gasteiger partial charge in [-0.05, 0) is 51.2 Å². The fourth-order valence-corrected chi connectivity index (χ4v) is 2.77. The Kier molecular flexibility index (Phi) is 4.28. The molecular formula is C16H24O2. The van der Waals surface area contributed by atoms with Gasteiger partial charge >= 0.3 is 0 Å². The van der Waals surface area contributed by atoms with Crippen LogP contribution in [0.3, 0.4) is 0 Å². The zero-order chi connectivity index (χ0) is 13.1. The first-order chi connectivity index (χ1) is 8.56. The van der Waals surface area contributed by atoms with Crippen molar-refractivity contribution in [1.82, 2.24) is 0 Å². The summed E-state index contributed by atoms with van der Waals surface area (Å²) in [6.07, 6.45) is 4.68. The van der Waals surface area contributed by atoms with Crippen LogP contribution in [0.4, 0.5) is 0 Å². The highest BCUT2D eigenvalue weighted by Gasteiger charge is 2.21. The zero-order valence-corrected chi connectivity index (χ0v) is 11.6. The van der Waals surface area contributed by atoms with Crippen LogP contribution in [0.2, 0.25) is 0 Å². The number of aliphatic hydroxyl groups excluding tert-OH is 1. The summed E-state index contributed by atoms with van der Waals surface area (Å²) >= 11 is 0. The highest BCUT2D eigenvalue weighted by molar-refractivity contribution is 5.38. The molecule has 2 rings (SSSR count). The molecular weight excluding hydrogens is 224 g/mol. The highest BCUT2D eigenvalue weighted by Crippen LogP contribution is 2.31. The maximum atomic E-state index is 9.83. The van der Waals surface area contributed by atoms with E-state index in [-0.39, 0.29) is 0 Å². The summed E-state index contributed by atoms with van der Waals surface area (Å²) in [5, 5.41) is 9.83. The smallest absolute Gasteiger partial charge is 0.125 e. The first-order valence-electron chi connectivity index (χ1n) is 7.01. The molecule has 3 atom stereocenters. The third-order valence-corrected chi connectivity index (χ3v) is 3.80. The van der Waals surface area contributed by atoms with E-state index in [4.69, 9.17) is 4.74 Å². The van der Waals surface area contributed by atoms with Crippen LogP contribution >= 0.6 is 0 Å². The third-order valence-electron chi connectivity index (χ3n) is 3.80. The van der Waals surface area contributed by atoms with Crippen molar-refractivity contribution in [3.8, 4) is 5.75 Å². The van der Waals surface area contributed by atoms with E-state index in [0.29, 0.717) is 6.10 Å². The molecule has 1 fully saturated rings. The molecule has 1 N–H and O–H groups in total. The van der Waals surface area contributed by atoms with Crippen molar-refractivity contribution in [1.29, 1.82) is 0 Å². The van der Waals surface area contributed by atoms with Crippen LogP contribution in [0.25, 0.3) is 0 Å². The van der Waals surface area contributed by atoms with Crippen LogP contribution < -0.4 is 4.74 Å². The molecule has 0 aliphatic heterocycles. The molecule has 1 aliphatic carbocycles. The second-order valence-corrected chi connectivity index (χ2v) is 5.73. The summed E-state index contributed by atoms with van der Waals surface area (Å²) in [6, 6.07) is 6.07. The van der Waals surface area contributed by atoms with E-state index in [2.05, 4.69) is 6.92 Å². The quantitative estimate of drug-likeness (QED) is 0.876. The molecule has 100 valence electrons. The number of aryl methyl sites for hydroxylation is 1. The Morgan fingerprint density at radius 2 is 2.11 bits per heavy atom. The average molecular weight is 248 g/mol. The van der Waals surface area contributed by atoms with Crippen molar-refractivity contribution in [2.24, 2.45) is 5.92 Å². The van der Waals surface area contributed by atoms with Crippen molar-refractivity contribution >= 4 is 0 Å². The Balaban J connectivity index is 2.12. The van der Waals surface area contributed by atoms with E-state index in [1.165, 1.54) is 12.8 Å². The van der Waals surface area contributed by atoms with E-state index in [9.17, 15) is 5.11 Å². The fourth-order valence-electron chi connectivity index (χ4n) is 2.77. The molecule has 2 heteroatoms. The lowest BCUT2D eigenvalue weighted by Gasteiger charge is -2.28. The van der Waals surface area contributed by atoms with Crippen LogP contribution in [-0.4, -0.2) is 11.2 Å². The van der Waals surface area contributed by atoms with Gasteiger partial charge in [0.1, 0.15) is 5.75 Å².